The summed E-state index contributed by atoms with van der Waals surface area (Å²) in [5, 5.41) is 0. The van der Waals surface area contributed by atoms with E-state index in [0.29, 0.717) is 19.3 Å². The van der Waals surface area contributed by atoms with E-state index in [1.54, 1.807) is 0 Å². The molecule has 0 spiro atoms. The molecule has 0 fully saturated rings. The highest BCUT2D eigenvalue weighted by atomic mass is 32.2. The predicted molar refractivity (Wildman–Crippen MR) is 54.6 cm³/mol. The zero-order chi connectivity index (χ0) is 11.2. The molecule has 4 nitrogen and oxygen atoms in total. The highest BCUT2D eigenvalue weighted by Gasteiger charge is 2.10. The predicted octanol–water partition coefficient (Wildman–Crippen LogP) is 1.44. The number of carbonyl (C=O) groups is 1. The van der Waals surface area contributed by atoms with Crippen LogP contribution in [0, 0.1) is 5.92 Å². The second-order valence-electron chi connectivity index (χ2n) is 3.39. The van der Waals surface area contributed by atoms with Crippen molar-refractivity contribution in [1.29, 1.82) is 0 Å². The maximum Gasteiger partial charge on any atom is 0.264 e. The summed E-state index contributed by atoms with van der Waals surface area (Å²) in [5.41, 5.74) is 0. The zero-order valence-corrected chi connectivity index (χ0v) is 9.09. The zero-order valence-electron chi connectivity index (χ0n) is 8.27. The third-order valence-corrected chi connectivity index (χ3v) is 2.73. The molecule has 5 heteroatoms. The molecule has 0 saturated carbocycles. The Morgan fingerprint density at radius 2 is 2.07 bits per heavy atom. The van der Waals surface area contributed by atoms with E-state index < -0.39 is 10.1 Å². The molecule has 0 aliphatic rings. The first kappa shape index (κ1) is 13.3. The van der Waals surface area contributed by atoms with Crippen molar-refractivity contribution in [3.8, 4) is 0 Å². The van der Waals surface area contributed by atoms with Crippen LogP contribution in [0.25, 0.3) is 0 Å². The van der Waals surface area contributed by atoms with Gasteiger partial charge in [-0.15, -0.1) is 0 Å². The van der Waals surface area contributed by atoms with E-state index >= 15 is 0 Å². The van der Waals surface area contributed by atoms with Crippen LogP contribution in [-0.2, 0) is 14.9 Å². The van der Waals surface area contributed by atoms with Gasteiger partial charge in [0, 0.05) is 6.42 Å². The van der Waals surface area contributed by atoms with E-state index in [2.05, 4.69) is 6.58 Å². The highest BCUT2D eigenvalue weighted by Crippen LogP contribution is 2.11. The lowest BCUT2D eigenvalue weighted by Gasteiger charge is -2.07. The van der Waals surface area contributed by atoms with Gasteiger partial charge >= 0.3 is 0 Å². The molecule has 0 heterocycles. The molecule has 1 atom stereocenters. The highest BCUT2D eigenvalue weighted by molar-refractivity contribution is 7.85. The van der Waals surface area contributed by atoms with Crippen LogP contribution in [0.1, 0.15) is 26.2 Å². The molecule has 82 valence electrons. The molecule has 0 amide bonds. The first-order chi connectivity index (χ1) is 6.35. The molecule has 0 bridgehead atoms. The Bertz CT molecular complexity index is 292. The van der Waals surface area contributed by atoms with Crippen LogP contribution in [0.5, 0.6) is 0 Å². The Hall–Kier alpha value is -0.680. The first-order valence-corrected chi connectivity index (χ1v) is 6.06. The monoisotopic (exact) mass is 220 g/mol. The van der Waals surface area contributed by atoms with Crippen LogP contribution in [-0.4, -0.2) is 24.5 Å². The van der Waals surface area contributed by atoms with Crippen LogP contribution < -0.4 is 0 Å². The van der Waals surface area contributed by atoms with Gasteiger partial charge < -0.3 is 0 Å². The number of allylic oxidation sites excluding steroid dienone is 1. The molecule has 14 heavy (non-hydrogen) atoms. The summed E-state index contributed by atoms with van der Waals surface area (Å²) in [6, 6.07) is 0. The van der Waals surface area contributed by atoms with Crippen molar-refractivity contribution in [2.75, 3.05) is 5.75 Å². The largest absolute Gasteiger partial charge is 0.295 e. The summed E-state index contributed by atoms with van der Waals surface area (Å²) in [6.07, 6.45) is 2.65. The smallest absolute Gasteiger partial charge is 0.264 e. The van der Waals surface area contributed by atoms with E-state index in [4.69, 9.17) is 4.55 Å². The Balaban J connectivity index is 3.71. The number of hydrogen-bond acceptors (Lipinski definition) is 3. The van der Waals surface area contributed by atoms with Crippen LogP contribution in [0.4, 0.5) is 0 Å². The number of rotatable bonds is 7. The van der Waals surface area contributed by atoms with E-state index in [-0.39, 0.29) is 17.5 Å². The van der Waals surface area contributed by atoms with Gasteiger partial charge in [0.2, 0.25) is 0 Å². The molecule has 0 rings (SSSR count). The Kier molecular flexibility index (Phi) is 5.64. The van der Waals surface area contributed by atoms with Gasteiger partial charge in [-0.05, 0) is 24.8 Å². The van der Waals surface area contributed by atoms with Gasteiger partial charge in [0.05, 0.1) is 5.75 Å². The maximum atomic E-state index is 10.8. The van der Waals surface area contributed by atoms with Gasteiger partial charge in [0.1, 0.15) is 0 Å². The van der Waals surface area contributed by atoms with E-state index in [1.165, 1.54) is 6.08 Å². The molecule has 0 aromatic rings. The average Bonchev–Trinajstić information content (AvgIpc) is 2.09. The van der Waals surface area contributed by atoms with Crippen molar-refractivity contribution in [3.63, 3.8) is 0 Å². The Morgan fingerprint density at radius 1 is 1.50 bits per heavy atom. The van der Waals surface area contributed by atoms with Crippen LogP contribution in [0.2, 0.25) is 0 Å². The van der Waals surface area contributed by atoms with E-state index in [0.717, 1.165) is 0 Å². The molecule has 0 aliphatic heterocycles. The van der Waals surface area contributed by atoms with Crippen molar-refractivity contribution in [1.82, 2.24) is 0 Å². The summed E-state index contributed by atoms with van der Waals surface area (Å²) in [4.78, 5) is 10.8. The normalized spacial score (nSPS) is 13.6. The fourth-order valence-corrected chi connectivity index (χ4v) is 1.69. The van der Waals surface area contributed by atoms with Crippen molar-refractivity contribution in [2.24, 2.45) is 5.92 Å². The van der Waals surface area contributed by atoms with Crippen molar-refractivity contribution in [2.45, 2.75) is 26.2 Å². The SMILES string of the molecule is C=CC(=O)CCC(C)CCS(=O)(=O)O. The van der Waals surface area contributed by atoms with E-state index in [1.807, 2.05) is 6.92 Å². The van der Waals surface area contributed by atoms with Gasteiger partial charge in [-0.1, -0.05) is 13.5 Å². The summed E-state index contributed by atoms with van der Waals surface area (Å²) in [7, 11) is -3.87. The molecule has 0 saturated heterocycles. The standard InChI is InChI=1S/C9H16O4S/c1-3-9(10)5-4-8(2)6-7-14(11,12)13/h3,8H,1,4-7H2,2H3,(H,11,12,13). The summed E-state index contributed by atoms with van der Waals surface area (Å²) in [5.74, 6) is -0.166. The van der Waals surface area contributed by atoms with Gasteiger partial charge in [-0.25, -0.2) is 0 Å². The lowest BCUT2D eigenvalue weighted by molar-refractivity contribution is -0.114. The van der Waals surface area contributed by atoms with Gasteiger partial charge in [0.25, 0.3) is 10.1 Å². The van der Waals surface area contributed by atoms with Crippen molar-refractivity contribution in [3.05, 3.63) is 12.7 Å². The number of carbonyl (C=O) groups excluding carboxylic acids is 1. The summed E-state index contributed by atoms with van der Waals surface area (Å²) in [6.45, 7) is 5.19. The van der Waals surface area contributed by atoms with Crippen molar-refractivity contribution < 1.29 is 17.8 Å². The summed E-state index contributed by atoms with van der Waals surface area (Å²) < 4.78 is 29.3. The lowest BCUT2D eigenvalue weighted by Crippen LogP contribution is -2.09. The minimum atomic E-state index is -3.87. The van der Waals surface area contributed by atoms with E-state index in [9.17, 15) is 13.2 Å². The summed E-state index contributed by atoms with van der Waals surface area (Å²) >= 11 is 0. The average molecular weight is 220 g/mol. The molecular weight excluding hydrogens is 204 g/mol. The molecule has 0 aliphatic carbocycles. The van der Waals surface area contributed by atoms with Crippen LogP contribution in [0.15, 0.2) is 12.7 Å². The fourth-order valence-electron chi connectivity index (χ4n) is 0.985. The Morgan fingerprint density at radius 3 is 2.50 bits per heavy atom. The lowest BCUT2D eigenvalue weighted by atomic mass is 10.0. The second kappa shape index (κ2) is 5.93. The van der Waals surface area contributed by atoms with Gasteiger partial charge in [-0.2, -0.15) is 8.42 Å². The quantitative estimate of drug-likeness (QED) is 0.520. The van der Waals surface area contributed by atoms with Gasteiger partial charge in [0.15, 0.2) is 5.78 Å². The number of hydrogen-bond donors (Lipinski definition) is 1. The first-order valence-electron chi connectivity index (χ1n) is 4.45. The third kappa shape index (κ3) is 7.94. The van der Waals surface area contributed by atoms with Crippen LogP contribution >= 0.6 is 0 Å². The Labute approximate surface area is 84.8 Å². The molecule has 1 N–H and O–H groups in total. The third-order valence-electron chi connectivity index (χ3n) is 1.98. The molecule has 0 aromatic carbocycles. The fraction of sp³-hybridized carbons (Fsp3) is 0.667. The van der Waals surface area contributed by atoms with Crippen molar-refractivity contribution >= 4 is 15.9 Å². The minimum absolute atomic E-state index is 0.0382. The molecule has 1 unspecified atom stereocenters. The minimum Gasteiger partial charge on any atom is -0.295 e. The van der Waals surface area contributed by atoms with Gasteiger partial charge in [-0.3, -0.25) is 9.35 Å². The molecular formula is C9H16O4S. The number of ketones is 1. The molecule has 0 aromatic heterocycles. The molecule has 0 radical (unpaired) electrons. The second-order valence-corrected chi connectivity index (χ2v) is 4.96. The topological polar surface area (TPSA) is 71.4 Å². The maximum absolute atomic E-state index is 10.8. The van der Waals surface area contributed by atoms with Crippen LogP contribution in [0.3, 0.4) is 0 Å².